The Hall–Kier alpha value is -1.44. The van der Waals surface area contributed by atoms with Crippen LogP contribution in [-0.4, -0.2) is 20.9 Å². The first-order chi connectivity index (χ1) is 9.27. The molecule has 1 amide bonds. The van der Waals surface area contributed by atoms with E-state index in [2.05, 4.69) is 5.32 Å². The predicted molar refractivity (Wildman–Crippen MR) is 78.6 cm³/mol. The first kappa shape index (κ1) is 16.6. The van der Waals surface area contributed by atoms with E-state index in [1.54, 1.807) is 19.1 Å². The minimum absolute atomic E-state index is 0.0150. The zero-order chi connectivity index (χ0) is 15.3. The molecule has 7 heteroatoms. The lowest BCUT2D eigenvalue weighted by Crippen LogP contribution is -2.22. The van der Waals surface area contributed by atoms with Gasteiger partial charge in [-0.25, -0.2) is 13.6 Å². The topological polar surface area (TPSA) is 115 Å². The molecule has 1 unspecified atom stereocenters. The number of nitrogens with one attached hydrogen (secondary N) is 1. The smallest absolute Gasteiger partial charge is 0.238 e. The van der Waals surface area contributed by atoms with Gasteiger partial charge in [0, 0.05) is 12.1 Å². The summed E-state index contributed by atoms with van der Waals surface area (Å²) in [6.07, 6.45) is 1.13. The van der Waals surface area contributed by atoms with E-state index in [0.29, 0.717) is 24.2 Å². The van der Waals surface area contributed by atoms with E-state index in [9.17, 15) is 13.2 Å². The summed E-state index contributed by atoms with van der Waals surface area (Å²) in [7, 11) is -3.80. The highest BCUT2D eigenvalue weighted by Crippen LogP contribution is 2.19. The van der Waals surface area contributed by atoms with Gasteiger partial charge < -0.3 is 11.1 Å². The average molecular weight is 299 g/mol. The lowest BCUT2D eigenvalue weighted by atomic mass is 10.0. The van der Waals surface area contributed by atoms with Crippen molar-refractivity contribution in [3.05, 3.63) is 23.8 Å². The van der Waals surface area contributed by atoms with Crippen molar-refractivity contribution in [3.63, 3.8) is 0 Å². The Morgan fingerprint density at radius 3 is 2.55 bits per heavy atom. The molecule has 0 aromatic heterocycles. The Labute approximate surface area is 119 Å². The molecule has 0 aliphatic carbocycles. The molecule has 5 N–H and O–H groups in total. The van der Waals surface area contributed by atoms with Gasteiger partial charge in [0.25, 0.3) is 0 Å². The summed E-state index contributed by atoms with van der Waals surface area (Å²) < 4.78 is 22.8. The van der Waals surface area contributed by atoms with Crippen molar-refractivity contribution in [2.75, 3.05) is 11.9 Å². The molecule has 0 aliphatic rings. The van der Waals surface area contributed by atoms with Crippen LogP contribution in [0, 0.1) is 12.8 Å². The normalized spacial score (nSPS) is 13.0. The van der Waals surface area contributed by atoms with Gasteiger partial charge in [-0.05, 0) is 37.1 Å². The molecule has 20 heavy (non-hydrogen) atoms. The van der Waals surface area contributed by atoms with Gasteiger partial charge in [0.2, 0.25) is 15.9 Å². The number of aryl methyl sites for hydroxylation is 1. The van der Waals surface area contributed by atoms with Crippen LogP contribution in [-0.2, 0) is 14.8 Å². The summed E-state index contributed by atoms with van der Waals surface area (Å²) >= 11 is 0. The molecule has 0 saturated carbocycles. The van der Waals surface area contributed by atoms with Gasteiger partial charge in [-0.1, -0.05) is 19.4 Å². The Bertz CT molecular complexity index is 581. The van der Waals surface area contributed by atoms with Gasteiger partial charge in [-0.2, -0.15) is 0 Å². The van der Waals surface area contributed by atoms with Gasteiger partial charge in [0.05, 0.1) is 4.90 Å². The third-order valence-electron chi connectivity index (χ3n) is 3.16. The number of hydrogen-bond donors (Lipinski definition) is 3. The highest BCUT2D eigenvalue weighted by molar-refractivity contribution is 7.89. The molecule has 0 spiro atoms. The number of nitrogens with two attached hydrogens (primary N) is 2. The Kier molecular flexibility index (Phi) is 5.67. The van der Waals surface area contributed by atoms with Crippen molar-refractivity contribution in [2.24, 2.45) is 16.8 Å². The second-order valence-corrected chi connectivity index (χ2v) is 6.32. The fourth-order valence-electron chi connectivity index (χ4n) is 1.85. The highest BCUT2D eigenvalue weighted by Gasteiger charge is 2.14. The monoisotopic (exact) mass is 299 g/mol. The van der Waals surface area contributed by atoms with Crippen LogP contribution in [0.1, 0.15) is 25.3 Å². The quantitative estimate of drug-likeness (QED) is 0.725. The minimum Gasteiger partial charge on any atom is -0.330 e. The molecule has 1 aromatic rings. The number of primary sulfonamides is 1. The molecule has 6 nitrogen and oxygen atoms in total. The minimum atomic E-state index is -3.80. The lowest BCUT2D eigenvalue weighted by molar-refractivity contribution is -0.117. The Morgan fingerprint density at radius 2 is 2.05 bits per heavy atom. The number of carbonyl (C=O) groups is 1. The summed E-state index contributed by atoms with van der Waals surface area (Å²) in [6, 6.07) is 4.62. The molecule has 0 radical (unpaired) electrons. The lowest BCUT2D eigenvalue weighted by Gasteiger charge is -2.13. The van der Waals surface area contributed by atoms with Crippen LogP contribution < -0.4 is 16.2 Å². The maximum Gasteiger partial charge on any atom is 0.238 e. The van der Waals surface area contributed by atoms with Crippen molar-refractivity contribution < 1.29 is 13.2 Å². The van der Waals surface area contributed by atoms with Gasteiger partial charge in [-0.3, -0.25) is 4.79 Å². The Morgan fingerprint density at radius 1 is 1.40 bits per heavy atom. The number of amides is 1. The van der Waals surface area contributed by atoms with Gasteiger partial charge in [0.15, 0.2) is 0 Å². The zero-order valence-electron chi connectivity index (χ0n) is 11.7. The molecule has 0 aliphatic heterocycles. The third-order valence-corrected chi connectivity index (χ3v) is 4.22. The standard InChI is InChI=1S/C13H21N3O3S/c1-3-10(8-14)6-13(17)16-11-5-4-9(2)12(7-11)20(15,18)19/h4-5,7,10H,3,6,8,14H2,1-2H3,(H,16,17)(H2,15,18,19). The van der Waals surface area contributed by atoms with Crippen LogP contribution in [0.4, 0.5) is 5.69 Å². The fourth-order valence-corrected chi connectivity index (χ4v) is 2.66. The maximum absolute atomic E-state index is 11.8. The summed E-state index contributed by atoms with van der Waals surface area (Å²) in [4.78, 5) is 11.9. The van der Waals surface area contributed by atoms with E-state index < -0.39 is 10.0 Å². The molecular weight excluding hydrogens is 278 g/mol. The van der Waals surface area contributed by atoms with Crippen molar-refractivity contribution >= 4 is 21.6 Å². The summed E-state index contributed by atoms with van der Waals surface area (Å²) in [5, 5.41) is 7.79. The third kappa shape index (κ3) is 4.59. The fraction of sp³-hybridized carbons (Fsp3) is 0.462. The molecular formula is C13H21N3O3S. The number of sulfonamides is 1. The van der Waals surface area contributed by atoms with E-state index in [0.717, 1.165) is 6.42 Å². The molecule has 0 saturated heterocycles. The second kappa shape index (κ2) is 6.83. The molecule has 1 rings (SSSR count). The SMILES string of the molecule is CCC(CN)CC(=O)Nc1ccc(C)c(S(N)(=O)=O)c1. The van der Waals surface area contributed by atoms with Crippen LogP contribution in [0.3, 0.4) is 0 Å². The van der Waals surface area contributed by atoms with Crippen molar-refractivity contribution in [3.8, 4) is 0 Å². The molecule has 112 valence electrons. The van der Waals surface area contributed by atoms with Crippen LogP contribution in [0.15, 0.2) is 23.1 Å². The van der Waals surface area contributed by atoms with E-state index >= 15 is 0 Å². The van der Waals surface area contributed by atoms with Crippen LogP contribution in [0.2, 0.25) is 0 Å². The summed E-state index contributed by atoms with van der Waals surface area (Å²) in [6.45, 7) is 4.06. The number of anilines is 1. The zero-order valence-corrected chi connectivity index (χ0v) is 12.5. The number of hydrogen-bond acceptors (Lipinski definition) is 4. The van der Waals surface area contributed by atoms with E-state index in [1.807, 2.05) is 6.92 Å². The second-order valence-electron chi connectivity index (χ2n) is 4.79. The number of rotatable bonds is 6. The van der Waals surface area contributed by atoms with Gasteiger partial charge in [0.1, 0.15) is 0 Å². The van der Waals surface area contributed by atoms with Gasteiger partial charge in [-0.15, -0.1) is 0 Å². The van der Waals surface area contributed by atoms with Crippen molar-refractivity contribution in [1.29, 1.82) is 0 Å². The number of benzene rings is 1. The first-order valence-electron chi connectivity index (χ1n) is 6.41. The van der Waals surface area contributed by atoms with Crippen molar-refractivity contribution in [1.82, 2.24) is 0 Å². The summed E-state index contributed by atoms with van der Waals surface area (Å²) in [5.41, 5.74) is 6.50. The van der Waals surface area contributed by atoms with E-state index in [1.165, 1.54) is 6.07 Å². The first-order valence-corrected chi connectivity index (χ1v) is 7.96. The predicted octanol–water partition coefficient (Wildman–Crippen LogP) is 0.956. The average Bonchev–Trinajstić information content (AvgIpc) is 2.37. The molecule has 1 atom stereocenters. The largest absolute Gasteiger partial charge is 0.330 e. The van der Waals surface area contributed by atoms with Gasteiger partial charge >= 0.3 is 0 Å². The molecule has 1 aromatic carbocycles. The molecule has 0 fully saturated rings. The Balaban J connectivity index is 2.87. The molecule has 0 bridgehead atoms. The van der Waals surface area contributed by atoms with Crippen LogP contribution in [0.25, 0.3) is 0 Å². The number of carbonyl (C=O) groups excluding carboxylic acids is 1. The van der Waals surface area contributed by atoms with Crippen LogP contribution in [0.5, 0.6) is 0 Å². The van der Waals surface area contributed by atoms with E-state index in [4.69, 9.17) is 10.9 Å². The van der Waals surface area contributed by atoms with Crippen LogP contribution >= 0.6 is 0 Å². The molecule has 0 heterocycles. The van der Waals surface area contributed by atoms with E-state index in [-0.39, 0.29) is 16.7 Å². The maximum atomic E-state index is 11.8. The summed E-state index contributed by atoms with van der Waals surface area (Å²) in [5.74, 6) is -0.0651. The van der Waals surface area contributed by atoms with Crippen molar-refractivity contribution in [2.45, 2.75) is 31.6 Å². The highest BCUT2D eigenvalue weighted by atomic mass is 32.2.